The molecule has 6 nitrogen and oxygen atoms in total. The zero-order valence-electron chi connectivity index (χ0n) is 20.4. The molecular weight excluding hydrogens is 485 g/mol. The van der Waals surface area contributed by atoms with Gasteiger partial charge in [-0.3, -0.25) is 9.59 Å². The smallest absolute Gasteiger partial charge is 0.303 e. The maximum Gasteiger partial charge on any atom is 0.303 e. The van der Waals surface area contributed by atoms with Crippen LogP contribution in [0.5, 0.6) is 11.5 Å². The minimum Gasteiger partial charge on any atom is -0.486 e. The highest BCUT2D eigenvalue weighted by Gasteiger charge is 2.25. The number of hydrogen-bond acceptors (Lipinski definition) is 4. The molecule has 0 spiro atoms. The van der Waals surface area contributed by atoms with E-state index < -0.39 is 17.7 Å². The van der Waals surface area contributed by atoms with Crippen molar-refractivity contribution in [2.75, 3.05) is 13.2 Å². The van der Waals surface area contributed by atoms with Crippen molar-refractivity contribution in [3.8, 4) is 17.2 Å². The monoisotopic (exact) mass is 509 g/mol. The number of aliphatic carboxylic acids is 1. The Labute approximate surface area is 217 Å². The fourth-order valence-corrected chi connectivity index (χ4v) is 5.25. The Morgan fingerprint density at radius 3 is 2.13 bits per heavy atom. The lowest BCUT2D eigenvalue weighted by molar-refractivity contribution is -0.137. The van der Waals surface area contributed by atoms with Gasteiger partial charge in [0, 0.05) is 34.4 Å². The first kappa shape index (κ1) is 23.7. The molecule has 0 amide bonds. The molecule has 1 atom stereocenters. The summed E-state index contributed by atoms with van der Waals surface area (Å²) < 4.78 is 28.7. The number of nitrogens with zero attached hydrogens (tertiary/aromatic N) is 1. The highest BCUT2D eigenvalue weighted by atomic mass is 19.1. The summed E-state index contributed by atoms with van der Waals surface area (Å²) in [7, 11) is 0. The molecular formula is C31H24FNO5. The Balaban J connectivity index is 1.35. The first-order valence-corrected chi connectivity index (χ1v) is 12.4. The Hall–Kier alpha value is -4.65. The quantitative estimate of drug-likeness (QED) is 0.253. The number of para-hydroxylation sites is 2. The fraction of sp³-hybridized carbons (Fsp3) is 0.161. The van der Waals surface area contributed by atoms with Crippen LogP contribution in [0.1, 0.15) is 34.7 Å². The number of aromatic nitrogens is 1. The number of ketones is 1. The molecule has 190 valence electrons. The van der Waals surface area contributed by atoms with Gasteiger partial charge in [0.25, 0.3) is 0 Å². The van der Waals surface area contributed by atoms with E-state index in [1.807, 2.05) is 53.1 Å². The number of halogens is 1. The normalized spacial score (nSPS) is 13.5. The van der Waals surface area contributed by atoms with Gasteiger partial charge < -0.3 is 19.1 Å². The van der Waals surface area contributed by atoms with Gasteiger partial charge in [-0.05, 0) is 48.0 Å². The van der Waals surface area contributed by atoms with E-state index in [2.05, 4.69) is 0 Å². The van der Waals surface area contributed by atoms with Crippen molar-refractivity contribution in [3.63, 3.8) is 0 Å². The Morgan fingerprint density at radius 1 is 0.816 bits per heavy atom. The lowest BCUT2D eigenvalue weighted by Gasteiger charge is -2.20. The van der Waals surface area contributed by atoms with E-state index in [4.69, 9.17) is 9.47 Å². The standard InChI is InChI=1S/C31H24FNO5/c32-25-18-21(33-26-7-3-1-5-23(26)24-6-2-4-8-27(24)33)10-11-22(25)20(17-31(35)36)15-28(34)19-9-12-29-30(16-19)38-14-13-37-29/h1-12,16,18,20H,13-15,17H2,(H,35,36). The molecule has 1 aromatic heterocycles. The third kappa shape index (κ3) is 4.26. The van der Waals surface area contributed by atoms with E-state index in [0.717, 1.165) is 21.8 Å². The molecule has 2 heterocycles. The van der Waals surface area contributed by atoms with Gasteiger partial charge in [-0.15, -0.1) is 0 Å². The van der Waals surface area contributed by atoms with Gasteiger partial charge in [0.15, 0.2) is 17.3 Å². The van der Waals surface area contributed by atoms with Crippen molar-refractivity contribution < 1.29 is 28.6 Å². The maximum atomic E-state index is 15.7. The number of carboxylic acids is 1. The molecule has 0 radical (unpaired) electrons. The van der Waals surface area contributed by atoms with Crippen LogP contribution in [0, 0.1) is 5.82 Å². The van der Waals surface area contributed by atoms with Crippen molar-refractivity contribution in [1.29, 1.82) is 0 Å². The third-order valence-electron chi connectivity index (χ3n) is 6.98. The maximum absolute atomic E-state index is 15.7. The number of Topliss-reactive ketones (excluding diaryl/α,β-unsaturated/α-hetero) is 1. The summed E-state index contributed by atoms with van der Waals surface area (Å²) in [6.07, 6.45) is -0.528. The van der Waals surface area contributed by atoms with E-state index in [1.165, 1.54) is 6.07 Å². The predicted molar refractivity (Wildman–Crippen MR) is 142 cm³/mol. The van der Waals surface area contributed by atoms with Crippen LogP contribution in [0.4, 0.5) is 4.39 Å². The van der Waals surface area contributed by atoms with Gasteiger partial charge in [-0.2, -0.15) is 0 Å². The minimum absolute atomic E-state index is 0.155. The highest BCUT2D eigenvalue weighted by Crippen LogP contribution is 2.35. The summed E-state index contributed by atoms with van der Waals surface area (Å²) >= 11 is 0. The summed E-state index contributed by atoms with van der Waals surface area (Å²) in [5.41, 5.74) is 3.07. The van der Waals surface area contributed by atoms with Gasteiger partial charge in [-0.25, -0.2) is 4.39 Å². The largest absolute Gasteiger partial charge is 0.486 e. The highest BCUT2D eigenvalue weighted by molar-refractivity contribution is 6.09. The van der Waals surface area contributed by atoms with Crippen molar-refractivity contribution >= 4 is 33.6 Å². The lowest BCUT2D eigenvalue weighted by atomic mass is 9.88. The average Bonchev–Trinajstić information content (AvgIpc) is 3.26. The first-order chi connectivity index (χ1) is 18.5. The number of hydrogen-bond donors (Lipinski definition) is 1. The summed E-state index contributed by atoms with van der Waals surface area (Å²) in [5, 5.41) is 11.7. The Kier molecular flexibility index (Phi) is 6.04. The number of carbonyl (C=O) groups excluding carboxylic acids is 1. The van der Waals surface area contributed by atoms with Crippen molar-refractivity contribution in [1.82, 2.24) is 4.57 Å². The molecule has 1 aliphatic heterocycles. The molecule has 0 fully saturated rings. The number of fused-ring (bicyclic) bond motifs is 4. The van der Waals surface area contributed by atoms with E-state index in [9.17, 15) is 14.7 Å². The SMILES string of the molecule is O=C(O)CC(CC(=O)c1ccc2c(c1)OCCO2)c1ccc(-n2c3ccccc3c3ccccc32)cc1F. The fourth-order valence-electron chi connectivity index (χ4n) is 5.25. The molecule has 1 aliphatic rings. The molecule has 1 N–H and O–H groups in total. The summed E-state index contributed by atoms with van der Waals surface area (Å²) in [6.45, 7) is 0.820. The van der Waals surface area contributed by atoms with Gasteiger partial charge in [-0.1, -0.05) is 42.5 Å². The second kappa shape index (κ2) is 9.67. The Morgan fingerprint density at radius 2 is 1.47 bits per heavy atom. The number of carbonyl (C=O) groups is 2. The molecule has 0 aliphatic carbocycles. The second-order valence-corrected chi connectivity index (χ2v) is 9.36. The molecule has 0 saturated carbocycles. The van der Waals surface area contributed by atoms with Gasteiger partial charge in [0.2, 0.25) is 0 Å². The van der Waals surface area contributed by atoms with Crippen LogP contribution in [-0.2, 0) is 4.79 Å². The summed E-state index contributed by atoms with van der Waals surface area (Å²) in [6, 6.07) is 25.5. The van der Waals surface area contributed by atoms with E-state index in [-0.39, 0.29) is 24.2 Å². The zero-order chi connectivity index (χ0) is 26.2. The van der Waals surface area contributed by atoms with Crippen LogP contribution < -0.4 is 9.47 Å². The summed E-state index contributed by atoms with van der Waals surface area (Å²) in [5.74, 6) is -1.75. The summed E-state index contributed by atoms with van der Waals surface area (Å²) in [4.78, 5) is 24.8. The lowest BCUT2D eigenvalue weighted by Crippen LogP contribution is -2.16. The number of benzene rings is 4. The number of ether oxygens (including phenoxy) is 2. The van der Waals surface area contributed by atoms with E-state index in [1.54, 1.807) is 30.3 Å². The zero-order valence-corrected chi connectivity index (χ0v) is 20.4. The Bertz CT molecular complexity index is 1650. The van der Waals surface area contributed by atoms with Crippen LogP contribution in [0.15, 0.2) is 84.9 Å². The van der Waals surface area contributed by atoms with Gasteiger partial charge in [0.1, 0.15) is 19.0 Å². The molecule has 6 rings (SSSR count). The first-order valence-electron chi connectivity index (χ1n) is 12.4. The molecule has 1 unspecified atom stereocenters. The molecule has 38 heavy (non-hydrogen) atoms. The second-order valence-electron chi connectivity index (χ2n) is 9.36. The molecule has 5 aromatic rings. The van der Waals surface area contributed by atoms with Crippen LogP contribution in [0.3, 0.4) is 0 Å². The van der Waals surface area contributed by atoms with Crippen LogP contribution >= 0.6 is 0 Å². The van der Waals surface area contributed by atoms with E-state index in [0.29, 0.717) is 36.0 Å². The molecule has 0 bridgehead atoms. The van der Waals surface area contributed by atoms with Crippen LogP contribution in [-0.4, -0.2) is 34.6 Å². The molecule has 7 heteroatoms. The van der Waals surface area contributed by atoms with Crippen LogP contribution in [0.25, 0.3) is 27.5 Å². The minimum atomic E-state index is -1.10. The van der Waals surface area contributed by atoms with Gasteiger partial charge in [0.05, 0.1) is 17.5 Å². The third-order valence-corrected chi connectivity index (χ3v) is 6.98. The van der Waals surface area contributed by atoms with Crippen molar-refractivity contribution in [2.45, 2.75) is 18.8 Å². The van der Waals surface area contributed by atoms with Crippen LogP contribution in [0.2, 0.25) is 0 Å². The van der Waals surface area contributed by atoms with Gasteiger partial charge >= 0.3 is 5.97 Å². The van der Waals surface area contributed by atoms with Crippen molar-refractivity contribution in [3.05, 3.63) is 102 Å². The average molecular weight is 510 g/mol. The number of rotatable bonds is 7. The topological polar surface area (TPSA) is 77.8 Å². The van der Waals surface area contributed by atoms with Crippen molar-refractivity contribution in [2.24, 2.45) is 0 Å². The van der Waals surface area contributed by atoms with E-state index >= 15 is 4.39 Å². The molecule has 0 saturated heterocycles. The predicted octanol–water partition coefficient (Wildman–Crippen LogP) is 6.53. The number of carboxylic acid groups (broad SMARTS) is 1. The molecule has 4 aromatic carbocycles.